The van der Waals surface area contributed by atoms with E-state index in [9.17, 15) is 4.79 Å². The number of aryl methyl sites for hydroxylation is 4. The predicted molar refractivity (Wildman–Crippen MR) is 125 cm³/mol. The lowest BCUT2D eigenvalue weighted by Gasteiger charge is -2.11. The lowest BCUT2D eigenvalue weighted by atomic mass is 9.98. The number of methoxy groups -OCH3 is 3. The van der Waals surface area contributed by atoms with E-state index in [0.29, 0.717) is 11.3 Å². The van der Waals surface area contributed by atoms with Gasteiger partial charge in [-0.25, -0.2) is 4.79 Å². The van der Waals surface area contributed by atoms with Crippen LogP contribution in [0.4, 0.5) is 0 Å². The first-order valence-corrected chi connectivity index (χ1v) is 10.9. The molecule has 0 atom stereocenters. The molecule has 1 heterocycles. The maximum absolute atomic E-state index is 11.9. The van der Waals surface area contributed by atoms with Crippen LogP contribution in [0, 0.1) is 0 Å². The summed E-state index contributed by atoms with van der Waals surface area (Å²) in [5, 5.41) is 0. The molecule has 0 N–H and O–H groups in total. The topological polar surface area (TPSA) is 63.2 Å². The number of ether oxygens (including phenoxy) is 5. The molecule has 0 spiro atoms. The number of rotatable bonds is 9. The van der Waals surface area contributed by atoms with Gasteiger partial charge < -0.3 is 23.7 Å². The Hall–Kier alpha value is -3.67. The first-order chi connectivity index (χ1) is 16.1. The summed E-state index contributed by atoms with van der Waals surface area (Å²) in [4.78, 5) is 11.9. The van der Waals surface area contributed by atoms with E-state index < -0.39 is 5.97 Å². The van der Waals surface area contributed by atoms with Crippen molar-refractivity contribution >= 4 is 5.97 Å². The molecule has 1 aliphatic heterocycles. The second-order valence-electron chi connectivity index (χ2n) is 7.90. The summed E-state index contributed by atoms with van der Waals surface area (Å²) < 4.78 is 26.6. The number of esters is 1. The lowest BCUT2D eigenvalue weighted by molar-refractivity contribution is 0.0597. The van der Waals surface area contributed by atoms with Crippen LogP contribution in [-0.2, 0) is 30.4 Å². The zero-order valence-electron chi connectivity index (χ0n) is 19.2. The van der Waals surface area contributed by atoms with Gasteiger partial charge in [0.2, 0.25) is 6.79 Å². The van der Waals surface area contributed by atoms with Gasteiger partial charge in [-0.3, -0.25) is 0 Å². The highest BCUT2D eigenvalue weighted by Crippen LogP contribution is 2.33. The van der Waals surface area contributed by atoms with Crippen LogP contribution in [0.15, 0.2) is 54.6 Å². The number of hydrogen-bond acceptors (Lipinski definition) is 6. The minimum absolute atomic E-state index is 0.287. The van der Waals surface area contributed by atoms with Crippen LogP contribution in [0.1, 0.15) is 32.6 Å². The van der Waals surface area contributed by atoms with Crippen molar-refractivity contribution in [1.29, 1.82) is 0 Å². The summed E-state index contributed by atoms with van der Waals surface area (Å²) in [5.74, 6) is 2.59. The zero-order valence-corrected chi connectivity index (χ0v) is 19.2. The quantitative estimate of drug-likeness (QED) is 0.439. The van der Waals surface area contributed by atoms with Crippen molar-refractivity contribution in [3.8, 4) is 23.0 Å². The molecule has 1 aliphatic rings. The summed E-state index contributed by atoms with van der Waals surface area (Å²) >= 11 is 0. The Morgan fingerprint density at radius 1 is 0.727 bits per heavy atom. The first-order valence-electron chi connectivity index (χ1n) is 10.9. The molecule has 0 saturated carbocycles. The van der Waals surface area contributed by atoms with Gasteiger partial charge in [-0.2, -0.15) is 0 Å². The largest absolute Gasteiger partial charge is 0.497 e. The van der Waals surface area contributed by atoms with Gasteiger partial charge in [-0.05, 0) is 84.3 Å². The van der Waals surface area contributed by atoms with E-state index in [1.807, 2.05) is 18.2 Å². The van der Waals surface area contributed by atoms with Crippen LogP contribution in [0.3, 0.4) is 0 Å². The van der Waals surface area contributed by atoms with E-state index in [1.54, 1.807) is 20.3 Å². The fourth-order valence-electron chi connectivity index (χ4n) is 3.98. The highest BCUT2D eigenvalue weighted by Gasteiger charge is 2.14. The van der Waals surface area contributed by atoms with Gasteiger partial charge in [0.15, 0.2) is 11.5 Å². The van der Waals surface area contributed by atoms with E-state index >= 15 is 0 Å². The van der Waals surface area contributed by atoms with Crippen LogP contribution in [0.2, 0.25) is 0 Å². The number of fused-ring (bicyclic) bond motifs is 1. The van der Waals surface area contributed by atoms with Gasteiger partial charge in [0.1, 0.15) is 17.1 Å². The van der Waals surface area contributed by atoms with E-state index in [0.717, 1.165) is 48.5 Å². The Balaban J connectivity index is 1.44. The molecule has 0 saturated heterocycles. The normalized spacial score (nSPS) is 11.8. The molecule has 0 bridgehead atoms. The molecule has 0 radical (unpaired) electrons. The standard InChI is InChI=1S/C27H28O6/c1-29-22-13-20(6-4-18-8-10-23(27(28)31-3)25(15-18)30-2)12-21(14-22)7-5-19-9-11-24-26(16-19)33-17-32-24/h8-16H,4-7,17H2,1-3H3. The first kappa shape index (κ1) is 22.5. The molecule has 0 aromatic heterocycles. The van der Waals surface area contributed by atoms with Gasteiger partial charge >= 0.3 is 5.97 Å². The third-order valence-corrected chi connectivity index (χ3v) is 5.77. The molecule has 4 rings (SSSR count). The van der Waals surface area contributed by atoms with Crippen molar-refractivity contribution < 1.29 is 28.5 Å². The fraction of sp³-hybridized carbons (Fsp3) is 0.296. The van der Waals surface area contributed by atoms with E-state index in [-0.39, 0.29) is 6.79 Å². The van der Waals surface area contributed by atoms with Gasteiger partial charge in [-0.1, -0.05) is 18.2 Å². The van der Waals surface area contributed by atoms with Crippen molar-refractivity contribution in [2.75, 3.05) is 28.1 Å². The second kappa shape index (κ2) is 10.3. The third-order valence-electron chi connectivity index (χ3n) is 5.77. The van der Waals surface area contributed by atoms with Gasteiger partial charge in [0.25, 0.3) is 0 Å². The maximum Gasteiger partial charge on any atom is 0.341 e. The summed E-state index contributed by atoms with van der Waals surface area (Å²) in [6.45, 7) is 0.287. The summed E-state index contributed by atoms with van der Waals surface area (Å²) in [5.41, 5.74) is 5.15. The van der Waals surface area contributed by atoms with Gasteiger partial charge in [-0.15, -0.1) is 0 Å². The van der Waals surface area contributed by atoms with Gasteiger partial charge in [0, 0.05) is 0 Å². The fourth-order valence-corrected chi connectivity index (χ4v) is 3.98. The highest BCUT2D eigenvalue weighted by atomic mass is 16.7. The Kier molecular flexibility index (Phi) is 7.03. The molecule has 6 heteroatoms. The minimum Gasteiger partial charge on any atom is -0.497 e. The van der Waals surface area contributed by atoms with Crippen LogP contribution in [0.5, 0.6) is 23.0 Å². The molecule has 0 unspecified atom stereocenters. The lowest BCUT2D eigenvalue weighted by Crippen LogP contribution is -2.05. The molecule has 0 amide bonds. The SMILES string of the molecule is COC(=O)c1ccc(CCc2cc(CCc3ccc4c(c3)OCO4)cc(OC)c2)cc1OC. The molecule has 0 aliphatic carbocycles. The summed E-state index contributed by atoms with van der Waals surface area (Å²) in [6, 6.07) is 18.1. The van der Waals surface area contributed by atoms with Gasteiger partial charge in [0.05, 0.1) is 21.3 Å². The smallest absolute Gasteiger partial charge is 0.341 e. The number of carbonyl (C=O) groups is 1. The maximum atomic E-state index is 11.9. The van der Waals surface area contributed by atoms with Crippen molar-refractivity contribution in [2.24, 2.45) is 0 Å². The van der Waals surface area contributed by atoms with Crippen molar-refractivity contribution in [2.45, 2.75) is 25.7 Å². The average Bonchev–Trinajstić information content (AvgIpc) is 3.33. The van der Waals surface area contributed by atoms with E-state index in [1.165, 1.54) is 23.8 Å². The van der Waals surface area contributed by atoms with Crippen LogP contribution < -0.4 is 18.9 Å². The average molecular weight is 449 g/mol. The molecule has 33 heavy (non-hydrogen) atoms. The van der Waals surface area contributed by atoms with Crippen molar-refractivity contribution in [3.05, 3.63) is 82.4 Å². The predicted octanol–water partition coefficient (Wildman–Crippen LogP) is 4.79. The molecule has 172 valence electrons. The molecule has 3 aromatic carbocycles. The zero-order chi connectivity index (χ0) is 23.2. The molecular weight excluding hydrogens is 420 g/mol. The minimum atomic E-state index is -0.404. The Morgan fingerprint density at radius 3 is 2.03 bits per heavy atom. The van der Waals surface area contributed by atoms with Crippen molar-refractivity contribution in [3.63, 3.8) is 0 Å². The number of hydrogen-bond donors (Lipinski definition) is 0. The monoisotopic (exact) mass is 448 g/mol. The molecular formula is C27H28O6. The van der Waals surface area contributed by atoms with Crippen molar-refractivity contribution in [1.82, 2.24) is 0 Å². The van der Waals surface area contributed by atoms with Crippen LogP contribution >= 0.6 is 0 Å². The third kappa shape index (κ3) is 5.40. The molecule has 0 fully saturated rings. The number of carbonyl (C=O) groups excluding carboxylic acids is 1. The van der Waals surface area contributed by atoms with E-state index in [4.69, 9.17) is 23.7 Å². The Labute approximate surface area is 194 Å². The second-order valence-corrected chi connectivity index (χ2v) is 7.90. The summed E-state index contributed by atoms with van der Waals surface area (Å²) in [7, 11) is 4.61. The molecule has 3 aromatic rings. The number of benzene rings is 3. The highest BCUT2D eigenvalue weighted by molar-refractivity contribution is 5.92. The van der Waals surface area contributed by atoms with Crippen LogP contribution in [-0.4, -0.2) is 34.1 Å². The Morgan fingerprint density at radius 2 is 1.36 bits per heavy atom. The molecule has 6 nitrogen and oxygen atoms in total. The Bertz CT molecular complexity index is 1140. The summed E-state index contributed by atoms with van der Waals surface area (Å²) in [6.07, 6.45) is 3.45. The van der Waals surface area contributed by atoms with Crippen LogP contribution in [0.25, 0.3) is 0 Å². The van der Waals surface area contributed by atoms with E-state index in [2.05, 4.69) is 30.3 Å².